The molecule has 3 aliphatic heterocycles. The van der Waals surface area contributed by atoms with Crippen molar-refractivity contribution in [2.75, 3.05) is 26.7 Å². The zero-order valence-corrected chi connectivity index (χ0v) is 19.0. The molecule has 4 aliphatic rings. The molecule has 32 heavy (non-hydrogen) atoms. The summed E-state index contributed by atoms with van der Waals surface area (Å²) in [6.45, 7) is 5.18. The van der Waals surface area contributed by atoms with Gasteiger partial charge in [0.15, 0.2) is 0 Å². The van der Waals surface area contributed by atoms with Crippen molar-refractivity contribution in [2.24, 2.45) is 5.92 Å². The molecule has 3 heterocycles. The summed E-state index contributed by atoms with van der Waals surface area (Å²) in [5, 5.41) is 9.34. The lowest BCUT2D eigenvalue weighted by molar-refractivity contribution is -0.158. The van der Waals surface area contributed by atoms with Gasteiger partial charge in [-0.1, -0.05) is 25.1 Å². The molecular weight excluding hydrogens is 406 g/mol. The first-order valence-electron chi connectivity index (χ1n) is 12.0. The van der Waals surface area contributed by atoms with Gasteiger partial charge in [0.05, 0.1) is 11.5 Å². The van der Waals surface area contributed by atoms with E-state index in [1.807, 2.05) is 6.07 Å². The highest BCUT2D eigenvalue weighted by molar-refractivity contribution is 6.31. The molecule has 172 valence electrons. The third kappa shape index (κ3) is 3.51. The molecule has 0 radical (unpaired) electrons. The van der Waals surface area contributed by atoms with Gasteiger partial charge in [-0.05, 0) is 81.3 Å². The topological polar surface area (TPSA) is 81.2 Å². The maximum Gasteiger partial charge on any atom is 0.394 e. The summed E-state index contributed by atoms with van der Waals surface area (Å²) in [4.78, 5) is 43.3. The van der Waals surface area contributed by atoms with Gasteiger partial charge >= 0.3 is 11.9 Å². The number of amides is 2. The summed E-state index contributed by atoms with van der Waals surface area (Å²) in [6.07, 6.45) is 5.57. The van der Waals surface area contributed by atoms with Gasteiger partial charge in [-0.25, -0.2) is 4.79 Å². The van der Waals surface area contributed by atoms with E-state index in [1.54, 1.807) is 0 Å². The van der Waals surface area contributed by atoms with Crippen molar-refractivity contribution >= 4 is 17.8 Å². The second kappa shape index (κ2) is 7.87. The van der Waals surface area contributed by atoms with E-state index in [0.717, 1.165) is 62.7 Å². The van der Waals surface area contributed by atoms with Gasteiger partial charge in [0.25, 0.3) is 0 Å². The standard InChI is InChI=1S/C25H33N3O4/c1-16-3-6-21(28(14-16)22(29)23(30)31)17-4-5-20-18(13-17)15-27(24(32)25(20)9-10-25)19-7-11-26(2)12-8-19/h4-5,13,16,19,21H,3,6-12,14-15H2,1-2H3,(H,30,31). The average molecular weight is 440 g/mol. The van der Waals surface area contributed by atoms with E-state index < -0.39 is 11.9 Å². The van der Waals surface area contributed by atoms with E-state index >= 15 is 0 Å². The Morgan fingerprint density at radius 3 is 2.47 bits per heavy atom. The number of carbonyl (C=O) groups is 3. The number of fused-ring (bicyclic) bond motifs is 2. The van der Waals surface area contributed by atoms with Crippen LogP contribution in [-0.2, 0) is 26.3 Å². The fourth-order valence-corrected chi connectivity index (χ4v) is 6.12. The largest absolute Gasteiger partial charge is 0.474 e. The predicted octanol–water partition coefficient (Wildman–Crippen LogP) is 2.54. The highest BCUT2D eigenvalue weighted by Crippen LogP contribution is 2.54. The Bertz CT molecular complexity index is 949. The first kappa shape index (κ1) is 21.4. The maximum absolute atomic E-state index is 13.5. The Morgan fingerprint density at radius 2 is 1.81 bits per heavy atom. The quantitative estimate of drug-likeness (QED) is 0.717. The SMILES string of the molecule is CC1CCC(c2ccc3c(c2)CN(C2CCN(C)CC2)C(=O)C32CC2)N(C(=O)C(=O)O)C1. The molecule has 1 aliphatic carbocycles. The Morgan fingerprint density at radius 1 is 1.09 bits per heavy atom. The van der Waals surface area contributed by atoms with Crippen LogP contribution >= 0.6 is 0 Å². The average Bonchev–Trinajstić information content (AvgIpc) is 3.58. The van der Waals surface area contributed by atoms with Crippen LogP contribution < -0.4 is 0 Å². The summed E-state index contributed by atoms with van der Waals surface area (Å²) in [6, 6.07) is 6.34. The summed E-state index contributed by atoms with van der Waals surface area (Å²) in [5.74, 6) is -1.62. The van der Waals surface area contributed by atoms with Crippen molar-refractivity contribution in [3.63, 3.8) is 0 Å². The molecule has 1 aromatic rings. The van der Waals surface area contributed by atoms with E-state index in [2.05, 4.69) is 35.9 Å². The number of likely N-dealkylation sites (tertiary alicyclic amines) is 2. The van der Waals surface area contributed by atoms with Crippen molar-refractivity contribution in [1.29, 1.82) is 0 Å². The third-order valence-corrected chi connectivity index (χ3v) is 8.18. The number of benzene rings is 1. The lowest BCUT2D eigenvalue weighted by Gasteiger charge is -2.43. The molecule has 1 saturated carbocycles. The molecule has 5 rings (SSSR count). The number of rotatable bonds is 2. The Kier molecular flexibility index (Phi) is 5.27. The number of hydrogen-bond acceptors (Lipinski definition) is 4. The molecule has 1 spiro atoms. The number of nitrogens with zero attached hydrogens (tertiary/aromatic N) is 3. The monoisotopic (exact) mass is 439 g/mol. The zero-order valence-electron chi connectivity index (χ0n) is 19.0. The van der Waals surface area contributed by atoms with Gasteiger partial charge in [-0.15, -0.1) is 0 Å². The van der Waals surface area contributed by atoms with E-state index in [4.69, 9.17) is 0 Å². The van der Waals surface area contributed by atoms with Crippen molar-refractivity contribution in [1.82, 2.24) is 14.7 Å². The van der Waals surface area contributed by atoms with Crippen molar-refractivity contribution in [2.45, 2.75) is 69.5 Å². The minimum atomic E-state index is -1.39. The lowest BCUT2D eigenvalue weighted by Crippen LogP contribution is -2.52. The summed E-state index contributed by atoms with van der Waals surface area (Å²) in [5.41, 5.74) is 2.97. The molecule has 7 heteroatoms. The second-order valence-electron chi connectivity index (χ2n) is 10.4. The van der Waals surface area contributed by atoms with Crippen LogP contribution in [0.2, 0.25) is 0 Å². The minimum absolute atomic E-state index is 0.218. The van der Waals surface area contributed by atoms with Gasteiger partial charge in [0, 0.05) is 19.1 Å². The molecular formula is C25H33N3O4. The van der Waals surface area contributed by atoms with Gasteiger partial charge in [-0.3, -0.25) is 9.59 Å². The second-order valence-corrected chi connectivity index (χ2v) is 10.4. The van der Waals surface area contributed by atoms with Crippen LogP contribution in [0.1, 0.15) is 68.2 Å². The smallest absolute Gasteiger partial charge is 0.394 e. The zero-order chi connectivity index (χ0) is 22.6. The van der Waals surface area contributed by atoms with E-state index in [-0.39, 0.29) is 17.5 Å². The van der Waals surface area contributed by atoms with Crippen LogP contribution in [0.3, 0.4) is 0 Å². The summed E-state index contributed by atoms with van der Waals surface area (Å²) >= 11 is 0. The first-order chi connectivity index (χ1) is 15.3. The van der Waals surface area contributed by atoms with E-state index in [1.165, 1.54) is 10.5 Å². The highest BCUT2D eigenvalue weighted by atomic mass is 16.4. The third-order valence-electron chi connectivity index (χ3n) is 8.18. The Labute approximate surface area is 189 Å². The van der Waals surface area contributed by atoms with Crippen LogP contribution in [0, 0.1) is 5.92 Å². The summed E-state index contributed by atoms with van der Waals surface area (Å²) < 4.78 is 0. The fourth-order valence-electron chi connectivity index (χ4n) is 6.12. The molecule has 1 aromatic carbocycles. The van der Waals surface area contributed by atoms with Gasteiger partial charge in [-0.2, -0.15) is 0 Å². The Balaban J connectivity index is 1.46. The van der Waals surface area contributed by atoms with Crippen molar-refractivity contribution in [3.05, 3.63) is 34.9 Å². The maximum atomic E-state index is 13.5. The number of carbonyl (C=O) groups excluding carboxylic acids is 2. The normalized spacial score (nSPS) is 28.0. The van der Waals surface area contributed by atoms with Crippen molar-refractivity contribution in [3.8, 4) is 0 Å². The van der Waals surface area contributed by atoms with Crippen LogP contribution in [0.4, 0.5) is 0 Å². The lowest BCUT2D eigenvalue weighted by atomic mass is 9.81. The Hall–Kier alpha value is -2.41. The minimum Gasteiger partial charge on any atom is -0.474 e. The van der Waals surface area contributed by atoms with Crippen molar-refractivity contribution < 1.29 is 19.5 Å². The number of hydrogen-bond donors (Lipinski definition) is 1. The van der Waals surface area contributed by atoms with Gasteiger partial charge in [0.1, 0.15) is 0 Å². The molecule has 7 nitrogen and oxygen atoms in total. The fraction of sp³-hybridized carbons (Fsp3) is 0.640. The van der Waals surface area contributed by atoms with Crippen LogP contribution in [0.25, 0.3) is 0 Å². The number of carboxylic acid groups (broad SMARTS) is 1. The van der Waals surface area contributed by atoms with Gasteiger partial charge < -0.3 is 19.8 Å². The number of aliphatic carboxylic acids is 1. The molecule has 3 fully saturated rings. The highest BCUT2D eigenvalue weighted by Gasteiger charge is 2.57. The van der Waals surface area contributed by atoms with Crippen LogP contribution in [0.15, 0.2) is 18.2 Å². The first-order valence-corrected chi connectivity index (χ1v) is 12.0. The molecule has 2 unspecified atom stereocenters. The molecule has 2 atom stereocenters. The van der Waals surface area contributed by atoms with Crippen LogP contribution in [0.5, 0.6) is 0 Å². The molecule has 0 bridgehead atoms. The number of piperidine rings is 2. The van der Waals surface area contributed by atoms with E-state index in [0.29, 0.717) is 24.9 Å². The molecule has 0 aromatic heterocycles. The molecule has 1 N–H and O–H groups in total. The summed E-state index contributed by atoms with van der Waals surface area (Å²) in [7, 11) is 2.13. The number of carboxylic acids is 1. The van der Waals surface area contributed by atoms with Crippen LogP contribution in [-0.4, -0.2) is 70.3 Å². The molecule has 2 amide bonds. The van der Waals surface area contributed by atoms with Gasteiger partial charge in [0.2, 0.25) is 5.91 Å². The molecule has 2 saturated heterocycles. The predicted molar refractivity (Wildman–Crippen MR) is 119 cm³/mol. The van der Waals surface area contributed by atoms with E-state index in [9.17, 15) is 19.5 Å².